The van der Waals surface area contributed by atoms with Crippen molar-refractivity contribution in [2.24, 2.45) is 0 Å². The minimum absolute atomic E-state index is 0.145. The van der Waals surface area contributed by atoms with E-state index in [1.807, 2.05) is 0 Å². The van der Waals surface area contributed by atoms with Gasteiger partial charge in [-0.15, -0.1) is 0 Å². The fourth-order valence-electron chi connectivity index (χ4n) is 1.53. The molecule has 1 aromatic carbocycles. The van der Waals surface area contributed by atoms with Crippen LogP contribution in [0.2, 0.25) is 0 Å². The number of nitrogens with zero attached hydrogens (tertiary/aromatic N) is 2. The molecule has 0 aliphatic rings. The van der Waals surface area contributed by atoms with E-state index in [1.54, 1.807) is 0 Å². The molecular formula is C12H8BrF2N3O2. The monoisotopic (exact) mass is 343 g/mol. The molecule has 0 aliphatic heterocycles. The summed E-state index contributed by atoms with van der Waals surface area (Å²) in [5.41, 5.74) is -0.419. The van der Waals surface area contributed by atoms with Gasteiger partial charge in [0.25, 0.3) is 0 Å². The van der Waals surface area contributed by atoms with Crippen molar-refractivity contribution in [1.29, 1.82) is 0 Å². The van der Waals surface area contributed by atoms with Crippen molar-refractivity contribution in [3.8, 4) is 0 Å². The Bertz CT molecular complexity index is 695. The van der Waals surface area contributed by atoms with E-state index >= 15 is 0 Å². The van der Waals surface area contributed by atoms with E-state index in [4.69, 9.17) is 0 Å². The number of hydrogen-bond donors (Lipinski definition) is 1. The quantitative estimate of drug-likeness (QED) is 0.673. The van der Waals surface area contributed by atoms with Crippen molar-refractivity contribution < 1.29 is 13.7 Å². The number of rotatable bonds is 3. The molecule has 0 radical (unpaired) electrons. The largest absolute Gasteiger partial charge is 0.332 e. The Morgan fingerprint density at radius 2 is 2.00 bits per heavy atom. The van der Waals surface area contributed by atoms with E-state index in [1.165, 1.54) is 19.2 Å². The Morgan fingerprint density at radius 3 is 2.65 bits per heavy atom. The molecule has 1 heterocycles. The summed E-state index contributed by atoms with van der Waals surface area (Å²) >= 11 is 3.06. The van der Waals surface area contributed by atoms with Gasteiger partial charge in [-0.2, -0.15) is 0 Å². The molecule has 0 spiro atoms. The third-order valence-corrected chi connectivity index (χ3v) is 2.97. The van der Waals surface area contributed by atoms with Gasteiger partial charge in [0.05, 0.1) is 10.6 Å². The minimum atomic E-state index is -0.720. The second-order valence-electron chi connectivity index (χ2n) is 3.98. The Balaban J connectivity index is 2.45. The molecule has 5 nitrogen and oxygen atoms in total. The number of aromatic nitrogens is 1. The van der Waals surface area contributed by atoms with E-state index in [-0.39, 0.29) is 22.8 Å². The summed E-state index contributed by atoms with van der Waals surface area (Å²) in [6.07, 6.45) is 1.32. The molecule has 0 bridgehead atoms. The Labute approximate surface area is 120 Å². The first-order chi connectivity index (χ1) is 9.38. The summed E-state index contributed by atoms with van der Waals surface area (Å²) in [4.78, 5) is 14.0. The van der Waals surface area contributed by atoms with Gasteiger partial charge in [-0.25, -0.2) is 13.8 Å². The van der Waals surface area contributed by atoms with Crippen molar-refractivity contribution in [2.45, 2.75) is 6.92 Å². The Kier molecular flexibility index (Phi) is 3.93. The summed E-state index contributed by atoms with van der Waals surface area (Å²) in [6.45, 7) is 1.42. The van der Waals surface area contributed by atoms with Crippen LogP contribution in [0, 0.1) is 28.7 Å². The number of aryl methyl sites for hydroxylation is 1. The van der Waals surface area contributed by atoms with Crippen molar-refractivity contribution in [1.82, 2.24) is 4.98 Å². The van der Waals surface area contributed by atoms with Crippen LogP contribution in [0.4, 0.5) is 26.0 Å². The molecule has 1 N–H and O–H groups in total. The summed E-state index contributed by atoms with van der Waals surface area (Å²) in [6, 6.07) is 3.15. The highest BCUT2D eigenvalue weighted by Crippen LogP contribution is 2.29. The third kappa shape index (κ3) is 2.90. The number of halogens is 3. The smallest absolute Gasteiger partial charge is 0.312 e. The average molecular weight is 344 g/mol. The molecule has 0 unspecified atom stereocenters. The zero-order valence-electron chi connectivity index (χ0n) is 10.2. The van der Waals surface area contributed by atoms with E-state index in [0.717, 1.165) is 12.1 Å². The molecule has 104 valence electrons. The molecule has 0 fully saturated rings. The van der Waals surface area contributed by atoms with Crippen LogP contribution in [-0.2, 0) is 0 Å². The summed E-state index contributed by atoms with van der Waals surface area (Å²) < 4.78 is 27.5. The SMILES string of the molecule is Cc1cc(F)c(Nc2ncc(Br)cc2[N+](=O)[O-])cc1F. The third-order valence-electron chi connectivity index (χ3n) is 2.53. The van der Waals surface area contributed by atoms with Gasteiger partial charge in [0.2, 0.25) is 5.82 Å². The molecule has 0 saturated carbocycles. The highest BCUT2D eigenvalue weighted by atomic mass is 79.9. The number of nitro groups is 1. The topological polar surface area (TPSA) is 68.1 Å². The fraction of sp³-hybridized carbons (Fsp3) is 0.0833. The predicted octanol–water partition coefficient (Wildman–Crippen LogP) is 4.08. The zero-order chi connectivity index (χ0) is 14.9. The number of anilines is 2. The minimum Gasteiger partial charge on any atom is -0.332 e. The molecular weight excluding hydrogens is 336 g/mol. The number of benzene rings is 1. The molecule has 20 heavy (non-hydrogen) atoms. The second kappa shape index (κ2) is 5.49. The first-order valence-corrected chi connectivity index (χ1v) is 6.20. The lowest BCUT2D eigenvalue weighted by Gasteiger charge is -2.08. The van der Waals surface area contributed by atoms with Gasteiger partial charge in [-0.3, -0.25) is 10.1 Å². The van der Waals surface area contributed by atoms with Gasteiger partial charge < -0.3 is 5.32 Å². The van der Waals surface area contributed by atoms with Crippen LogP contribution in [0.3, 0.4) is 0 Å². The molecule has 2 aromatic rings. The second-order valence-corrected chi connectivity index (χ2v) is 4.90. The van der Waals surface area contributed by atoms with Crippen molar-refractivity contribution in [3.63, 3.8) is 0 Å². The Morgan fingerprint density at radius 1 is 1.30 bits per heavy atom. The summed E-state index contributed by atoms with van der Waals surface area (Å²) in [7, 11) is 0. The number of nitrogens with one attached hydrogen (secondary N) is 1. The van der Waals surface area contributed by atoms with Gasteiger partial charge in [-0.1, -0.05) is 0 Å². The van der Waals surface area contributed by atoms with E-state index in [0.29, 0.717) is 4.47 Å². The maximum atomic E-state index is 13.7. The Hall–Kier alpha value is -2.09. The highest BCUT2D eigenvalue weighted by Gasteiger charge is 2.18. The number of hydrogen-bond acceptors (Lipinski definition) is 4. The molecule has 1 aromatic heterocycles. The number of pyridine rings is 1. The lowest BCUT2D eigenvalue weighted by Crippen LogP contribution is -2.02. The maximum absolute atomic E-state index is 13.7. The van der Waals surface area contributed by atoms with Crippen LogP contribution in [0.15, 0.2) is 28.9 Å². The normalized spacial score (nSPS) is 10.4. The molecule has 2 rings (SSSR count). The van der Waals surface area contributed by atoms with Gasteiger partial charge in [0.15, 0.2) is 0 Å². The average Bonchev–Trinajstić information content (AvgIpc) is 2.37. The highest BCUT2D eigenvalue weighted by molar-refractivity contribution is 9.10. The van der Waals surface area contributed by atoms with Crippen molar-refractivity contribution >= 4 is 33.1 Å². The van der Waals surface area contributed by atoms with Crippen LogP contribution in [-0.4, -0.2) is 9.91 Å². The van der Waals surface area contributed by atoms with Gasteiger partial charge >= 0.3 is 5.69 Å². The van der Waals surface area contributed by atoms with E-state index in [2.05, 4.69) is 26.2 Å². The van der Waals surface area contributed by atoms with Crippen LogP contribution in [0.25, 0.3) is 0 Å². The van der Waals surface area contributed by atoms with E-state index in [9.17, 15) is 18.9 Å². The molecule has 8 heteroatoms. The predicted molar refractivity (Wildman–Crippen MR) is 73.0 cm³/mol. The van der Waals surface area contributed by atoms with Crippen LogP contribution in [0.1, 0.15) is 5.56 Å². The fourth-order valence-corrected chi connectivity index (χ4v) is 1.85. The van der Waals surface area contributed by atoms with Crippen molar-refractivity contribution in [2.75, 3.05) is 5.32 Å². The summed E-state index contributed by atoms with van der Waals surface area (Å²) in [5, 5.41) is 13.3. The van der Waals surface area contributed by atoms with Crippen LogP contribution < -0.4 is 5.32 Å². The maximum Gasteiger partial charge on any atom is 0.312 e. The van der Waals surface area contributed by atoms with Gasteiger partial charge in [0.1, 0.15) is 11.6 Å². The van der Waals surface area contributed by atoms with Gasteiger partial charge in [0, 0.05) is 22.8 Å². The molecule has 0 atom stereocenters. The van der Waals surface area contributed by atoms with Crippen molar-refractivity contribution in [3.05, 3.63) is 56.2 Å². The lowest BCUT2D eigenvalue weighted by molar-refractivity contribution is -0.384. The standard InChI is InChI=1S/C12H8BrF2N3O2/c1-6-2-9(15)10(4-8(6)14)17-12-11(18(19)20)3-7(13)5-16-12/h2-5H,1H3,(H,16,17). The van der Waals surface area contributed by atoms with Crippen LogP contribution >= 0.6 is 15.9 Å². The molecule has 0 saturated heterocycles. The van der Waals surface area contributed by atoms with Crippen LogP contribution in [0.5, 0.6) is 0 Å². The summed E-state index contributed by atoms with van der Waals surface area (Å²) in [5.74, 6) is -1.50. The first-order valence-electron chi connectivity index (χ1n) is 5.41. The van der Waals surface area contributed by atoms with Gasteiger partial charge in [-0.05, 0) is 34.5 Å². The molecule has 0 amide bonds. The van der Waals surface area contributed by atoms with E-state index < -0.39 is 16.6 Å². The molecule has 0 aliphatic carbocycles. The lowest BCUT2D eigenvalue weighted by atomic mass is 10.2. The first kappa shape index (κ1) is 14.3. The zero-order valence-corrected chi connectivity index (χ0v) is 11.7.